The smallest absolute Gasteiger partial charge is 0.367 e. The molecule has 0 spiro atoms. The number of rotatable bonds is 1. The summed E-state index contributed by atoms with van der Waals surface area (Å²) in [5.74, 6) is -4.85. The maximum absolute atomic E-state index is 11.6. The van der Waals surface area contributed by atoms with Crippen molar-refractivity contribution in [3.05, 3.63) is 0 Å². The molecule has 0 aromatic carbocycles. The molecule has 3 saturated heterocycles. The summed E-state index contributed by atoms with van der Waals surface area (Å²) in [6.45, 7) is 7.09. The Bertz CT molecular complexity index is 418. The Morgan fingerprint density at radius 1 is 1.11 bits per heavy atom. The first kappa shape index (κ1) is 13.3. The van der Waals surface area contributed by atoms with Gasteiger partial charge in [-0.1, -0.05) is 0 Å². The van der Waals surface area contributed by atoms with Crippen molar-refractivity contribution in [2.45, 2.75) is 63.4 Å². The van der Waals surface area contributed by atoms with E-state index in [2.05, 4.69) is 0 Å². The van der Waals surface area contributed by atoms with Crippen molar-refractivity contribution in [2.24, 2.45) is 0 Å². The Kier molecular flexibility index (Phi) is 2.57. The molecule has 3 heterocycles. The van der Waals surface area contributed by atoms with E-state index in [0.29, 0.717) is 0 Å². The maximum atomic E-state index is 11.6. The van der Waals surface area contributed by atoms with Gasteiger partial charge in [-0.15, -0.1) is 0 Å². The number of hydrogen-bond donors (Lipinski definition) is 1. The zero-order chi connectivity index (χ0) is 14.1. The van der Waals surface area contributed by atoms with E-state index in [1.807, 2.05) is 0 Å². The summed E-state index contributed by atoms with van der Waals surface area (Å²) in [6, 6.07) is 0. The zero-order valence-electron chi connectivity index (χ0n) is 11.3. The van der Waals surface area contributed by atoms with Gasteiger partial charge in [-0.3, -0.25) is 0 Å². The van der Waals surface area contributed by atoms with Gasteiger partial charge in [0.1, 0.15) is 12.2 Å². The first-order valence-electron chi connectivity index (χ1n) is 6.26. The Morgan fingerprint density at radius 2 is 1.79 bits per heavy atom. The van der Waals surface area contributed by atoms with Crippen molar-refractivity contribution < 1.29 is 33.6 Å². The molecule has 108 valence electrons. The number of hydrogen-bond acceptors (Lipinski definition) is 6. The van der Waals surface area contributed by atoms with E-state index >= 15 is 0 Å². The molecule has 3 aliphatic rings. The molecule has 0 aliphatic carbocycles. The standard InChI is InChI=1S/C12H18O7/c1-10(2)15-5-6-7(17-10)8-12(16-6,9(13)14)19-11(3,4)18-8/h6-8H,5H2,1-4H3,(H,13,14)/t6-,7+,8-,12+/m1/s1. The van der Waals surface area contributed by atoms with Gasteiger partial charge in [0.2, 0.25) is 0 Å². The molecule has 7 heteroatoms. The minimum absolute atomic E-state index is 0.246. The molecule has 0 aromatic heterocycles. The number of aliphatic carboxylic acids is 1. The monoisotopic (exact) mass is 274 g/mol. The molecule has 3 rings (SSSR count). The number of carbonyl (C=O) groups is 1. The second kappa shape index (κ2) is 3.67. The lowest BCUT2D eigenvalue weighted by Gasteiger charge is -2.38. The second-order valence-corrected chi connectivity index (χ2v) is 5.96. The van der Waals surface area contributed by atoms with Crippen LogP contribution in [0.4, 0.5) is 0 Å². The van der Waals surface area contributed by atoms with Gasteiger partial charge in [0, 0.05) is 0 Å². The molecule has 3 fully saturated rings. The summed E-state index contributed by atoms with van der Waals surface area (Å²) in [7, 11) is 0. The third-order valence-corrected chi connectivity index (χ3v) is 3.49. The predicted octanol–water partition coefficient (Wildman–Crippen LogP) is 0.469. The molecule has 0 unspecified atom stereocenters. The van der Waals surface area contributed by atoms with Crippen LogP contribution in [0, 0.1) is 0 Å². The highest BCUT2D eigenvalue weighted by Crippen LogP contribution is 2.48. The maximum Gasteiger partial charge on any atom is 0.367 e. The van der Waals surface area contributed by atoms with E-state index in [9.17, 15) is 9.90 Å². The normalized spacial score (nSPS) is 46.6. The number of fused-ring (bicyclic) bond motifs is 3. The molecule has 19 heavy (non-hydrogen) atoms. The average Bonchev–Trinajstić information content (AvgIpc) is 2.67. The van der Waals surface area contributed by atoms with Crippen LogP contribution < -0.4 is 0 Å². The molecule has 7 nitrogen and oxygen atoms in total. The Hall–Kier alpha value is -0.730. The van der Waals surface area contributed by atoms with Crippen LogP contribution in [0.1, 0.15) is 27.7 Å². The molecule has 0 amide bonds. The minimum atomic E-state index is -1.82. The Labute approximate surface area is 110 Å². The van der Waals surface area contributed by atoms with Crippen molar-refractivity contribution in [3.8, 4) is 0 Å². The summed E-state index contributed by atoms with van der Waals surface area (Å²) in [6.07, 6.45) is -1.85. The lowest BCUT2D eigenvalue weighted by Crippen LogP contribution is -2.52. The van der Waals surface area contributed by atoms with Crippen LogP contribution in [0.3, 0.4) is 0 Å². The van der Waals surface area contributed by atoms with Crippen molar-refractivity contribution in [1.29, 1.82) is 0 Å². The summed E-state index contributed by atoms with van der Waals surface area (Å²) >= 11 is 0. The van der Waals surface area contributed by atoms with Crippen LogP contribution in [-0.4, -0.2) is 53.4 Å². The van der Waals surface area contributed by atoms with Crippen molar-refractivity contribution in [2.75, 3.05) is 6.61 Å². The highest BCUT2D eigenvalue weighted by molar-refractivity contribution is 5.77. The minimum Gasteiger partial charge on any atom is -0.477 e. The average molecular weight is 274 g/mol. The van der Waals surface area contributed by atoms with Crippen LogP contribution in [0.15, 0.2) is 0 Å². The van der Waals surface area contributed by atoms with E-state index in [1.54, 1.807) is 27.7 Å². The molecule has 1 N–H and O–H groups in total. The lowest BCUT2D eigenvalue weighted by atomic mass is 10.0. The van der Waals surface area contributed by atoms with Gasteiger partial charge in [-0.2, -0.15) is 0 Å². The summed E-state index contributed by atoms with van der Waals surface area (Å²) in [4.78, 5) is 11.6. The van der Waals surface area contributed by atoms with E-state index in [0.717, 1.165) is 0 Å². The third-order valence-electron chi connectivity index (χ3n) is 3.49. The van der Waals surface area contributed by atoms with Crippen molar-refractivity contribution in [1.82, 2.24) is 0 Å². The van der Waals surface area contributed by atoms with Crippen LogP contribution in [0.25, 0.3) is 0 Å². The van der Waals surface area contributed by atoms with Crippen LogP contribution >= 0.6 is 0 Å². The molecule has 0 aromatic rings. The molecule has 0 saturated carbocycles. The molecular weight excluding hydrogens is 256 g/mol. The second-order valence-electron chi connectivity index (χ2n) is 5.96. The molecular formula is C12H18O7. The van der Waals surface area contributed by atoms with Crippen LogP contribution in [0.5, 0.6) is 0 Å². The zero-order valence-corrected chi connectivity index (χ0v) is 11.3. The third kappa shape index (κ3) is 1.88. The van der Waals surface area contributed by atoms with Gasteiger partial charge < -0.3 is 28.8 Å². The van der Waals surface area contributed by atoms with Crippen LogP contribution in [0.2, 0.25) is 0 Å². The van der Waals surface area contributed by atoms with Crippen LogP contribution in [-0.2, 0) is 28.5 Å². The molecule has 4 atom stereocenters. The van der Waals surface area contributed by atoms with Crippen molar-refractivity contribution in [3.63, 3.8) is 0 Å². The fraction of sp³-hybridized carbons (Fsp3) is 0.917. The highest BCUT2D eigenvalue weighted by Gasteiger charge is 2.71. The number of carboxylic acids is 1. The predicted molar refractivity (Wildman–Crippen MR) is 60.2 cm³/mol. The highest BCUT2D eigenvalue weighted by atomic mass is 16.9. The summed E-state index contributed by atoms with van der Waals surface area (Å²) in [5, 5.41) is 9.46. The van der Waals surface area contributed by atoms with Gasteiger partial charge >= 0.3 is 11.8 Å². The van der Waals surface area contributed by atoms with Gasteiger partial charge in [0.05, 0.1) is 6.61 Å². The Morgan fingerprint density at radius 3 is 2.42 bits per heavy atom. The lowest BCUT2D eigenvalue weighted by molar-refractivity contribution is -0.325. The van der Waals surface area contributed by atoms with E-state index in [1.165, 1.54) is 0 Å². The van der Waals surface area contributed by atoms with Gasteiger partial charge in [0.25, 0.3) is 0 Å². The molecule has 0 radical (unpaired) electrons. The van der Waals surface area contributed by atoms with E-state index in [-0.39, 0.29) is 6.61 Å². The number of ether oxygens (including phenoxy) is 5. The number of carboxylic acid groups (broad SMARTS) is 1. The first-order chi connectivity index (χ1) is 8.65. The molecule has 3 aliphatic heterocycles. The molecule has 0 bridgehead atoms. The fourth-order valence-corrected chi connectivity index (χ4v) is 2.82. The van der Waals surface area contributed by atoms with Gasteiger partial charge in [-0.05, 0) is 27.7 Å². The first-order valence-corrected chi connectivity index (χ1v) is 6.26. The largest absolute Gasteiger partial charge is 0.477 e. The fourth-order valence-electron chi connectivity index (χ4n) is 2.82. The Balaban J connectivity index is 1.94. The summed E-state index contributed by atoms with van der Waals surface area (Å²) in [5.41, 5.74) is 0. The topological polar surface area (TPSA) is 83.5 Å². The SMILES string of the molecule is CC1(C)OC[C@H]2O[C@]3(C(=O)O)OC(C)(C)O[C@@H]3[C@H]2O1. The van der Waals surface area contributed by atoms with E-state index in [4.69, 9.17) is 23.7 Å². The summed E-state index contributed by atoms with van der Waals surface area (Å²) < 4.78 is 28.0. The van der Waals surface area contributed by atoms with Crippen molar-refractivity contribution >= 4 is 5.97 Å². The van der Waals surface area contributed by atoms with E-state index < -0.39 is 41.6 Å². The van der Waals surface area contributed by atoms with Gasteiger partial charge in [-0.25, -0.2) is 4.79 Å². The quantitative estimate of drug-likeness (QED) is 0.744. The van der Waals surface area contributed by atoms with Gasteiger partial charge in [0.15, 0.2) is 17.7 Å².